The molecule has 1 aromatic rings. The molecular formula is C9H10O. The van der Waals surface area contributed by atoms with E-state index in [1.165, 1.54) is 5.56 Å². The van der Waals surface area contributed by atoms with Crippen LogP contribution in [0, 0.1) is 0 Å². The van der Waals surface area contributed by atoms with Crippen LogP contribution in [0.5, 0.6) is 0 Å². The van der Waals surface area contributed by atoms with Crippen LogP contribution in [0.1, 0.15) is 30.6 Å². The first-order valence-electron chi connectivity index (χ1n) is 3.62. The van der Waals surface area contributed by atoms with Crippen LogP contribution in [0.2, 0.25) is 0 Å². The minimum absolute atomic E-state index is 0.638. The summed E-state index contributed by atoms with van der Waals surface area (Å²) in [5.74, 6) is 1.68. The predicted octanol–water partition coefficient (Wildman–Crippen LogP) is 2.80. The number of allylic oxidation sites excluding steroid dienone is 1. The summed E-state index contributed by atoms with van der Waals surface area (Å²) < 4.78 is 5.24. The van der Waals surface area contributed by atoms with Gasteiger partial charge in [-0.2, -0.15) is 0 Å². The highest BCUT2D eigenvalue weighted by molar-refractivity contribution is 5.51. The molecule has 0 saturated heterocycles. The first-order valence-corrected chi connectivity index (χ1v) is 3.62. The lowest BCUT2D eigenvalue weighted by atomic mass is 9.94. The van der Waals surface area contributed by atoms with E-state index in [0.29, 0.717) is 5.92 Å². The number of furan rings is 1. The molecule has 1 nitrogen and oxygen atoms in total. The molecule has 0 radical (unpaired) electrons. The van der Waals surface area contributed by atoms with Crippen molar-refractivity contribution in [2.45, 2.75) is 19.3 Å². The van der Waals surface area contributed by atoms with Gasteiger partial charge in [0.15, 0.2) is 0 Å². The quantitative estimate of drug-likeness (QED) is 0.531. The van der Waals surface area contributed by atoms with Crippen molar-refractivity contribution in [2.75, 3.05) is 0 Å². The van der Waals surface area contributed by atoms with Crippen molar-refractivity contribution in [3.8, 4) is 0 Å². The van der Waals surface area contributed by atoms with Gasteiger partial charge in [0.05, 0.1) is 6.26 Å². The summed E-state index contributed by atoms with van der Waals surface area (Å²) in [5.41, 5.74) is 1.35. The highest BCUT2D eigenvalue weighted by Gasteiger charge is 2.13. The van der Waals surface area contributed by atoms with E-state index in [1.807, 2.05) is 0 Å². The Morgan fingerprint density at radius 2 is 2.50 bits per heavy atom. The minimum atomic E-state index is 0.638. The standard InChI is InChI=1S/C9H10O/c1-7-3-2-4-9-8(7)5-6-10-9/h2,4-7H,3H2,1H3. The monoisotopic (exact) mass is 134 g/mol. The third kappa shape index (κ3) is 0.703. The van der Waals surface area contributed by atoms with Crippen LogP contribution in [0.3, 0.4) is 0 Å². The van der Waals surface area contributed by atoms with Gasteiger partial charge in [-0.3, -0.25) is 0 Å². The smallest absolute Gasteiger partial charge is 0.129 e. The zero-order chi connectivity index (χ0) is 6.97. The molecule has 1 aliphatic rings. The molecule has 0 aromatic carbocycles. The minimum Gasteiger partial charge on any atom is -0.465 e. The predicted molar refractivity (Wildman–Crippen MR) is 40.8 cm³/mol. The zero-order valence-electron chi connectivity index (χ0n) is 6.00. The molecule has 0 amide bonds. The zero-order valence-corrected chi connectivity index (χ0v) is 6.00. The molecular weight excluding hydrogens is 124 g/mol. The second kappa shape index (κ2) is 2.01. The number of fused-ring (bicyclic) bond motifs is 1. The lowest BCUT2D eigenvalue weighted by Gasteiger charge is -2.10. The molecule has 1 aromatic heterocycles. The lowest BCUT2D eigenvalue weighted by Crippen LogP contribution is -1.95. The van der Waals surface area contributed by atoms with E-state index in [4.69, 9.17) is 4.42 Å². The van der Waals surface area contributed by atoms with E-state index < -0.39 is 0 Å². The Morgan fingerprint density at radius 1 is 1.60 bits per heavy atom. The average molecular weight is 134 g/mol. The summed E-state index contributed by atoms with van der Waals surface area (Å²) in [7, 11) is 0. The van der Waals surface area contributed by atoms with E-state index in [2.05, 4.69) is 25.1 Å². The van der Waals surface area contributed by atoms with Crippen LogP contribution < -0.4 is 0 Å². The maximum absolute atomic E-state index is 5.24. The number of hydrogen-bond acceptors (Lipinski definition) is 1. The molecule has 0 bridgehead atoms. The van der Waals surface area contributed by atoms with E-state index in [1.54, 1.807) is 6.26 Å². The van der Waals surface area contributed by atoms with Crippen LogP contribution in [-0.4, -0.2) is 0 Å². The van der Waals surface area contributed by atoms with Crippen molar-refractivity contribution in [1.82, 2.24) is 0 Å². The topological polar surface area (TPSA) is 13.1 Å². The Balaban J connectivity index is 2.52. The van der Waals surface area contributed by atoms with Crippen LogP contribution in [0.4, 0.5) is 0 Å². The van der Waals surface area contributed by atoms with E-state index >= 15 is 0 Å². The van der Waals surface area contributed by atoms with Crippen LogP contribution in [0.15, 0.2) is 22.8 Å². The molecule has 0 N–H and O–H groups in total. The van der Waals surface area contributed by atoms with Crippen molar-refractivity contribution in [1.29, 1.82) is 0 Å². The maximum Gasteiger partial charge on any atom is 0.129 e. The largest absolute Gasteiger partial charge is 0.465 e. The van der Waals surface area contributed by atoms with Crippen LogP contribution in [0.25, 0.3) is 6.08 Å². The van der Waals surface area contributed by atoms with Gasteiger partial charge in [0.25, 0.3) is 0 Å². The van der Waals surface area contributed by atoms with Gasteiger partial charge in [-0.1, -0.05) is 13.0 Å². The molecule has 0 aliphatic heterocycles. The Hall–Kier alpha value is -0.980. The summed E-state index contributed by atoms with van der Waals surface area (Å²) in [5, 5.41) is 0. The molecule has 52 valence electrons. The molecule has 2 rings (SSSR count). The molecule has 0 spiro atoms. The third-order valence-corrected chi connectivity index (χ3v) is 2.02. The summed E-state index contributed by atoms with van der Waals surface area (Å²) in [6.45, 7) is 2.22. The number of hydrogen-bond donors (Lipinski definition) is 0. The fourth-order valence-corrected chi connectivity index (χ4v) is 1.38. The van der Waals surface area contributed by atoms with Gasteiger partial charge >= 0.3 is 0 Å². The molecule has 1 aliphatic carbocycles. The second-order valence-corrected chi connectivity index (χ2v) is 2.78. The SMILES string of the molecule is CC1CC=Cc2occc21. The van der Waals surface area contributed by atoms with Crippen molar-refractivity contribution in [3.05, 3.63) is 29.7 Å². The van der Waals surface area contributed by atoms with Crippen LogP contribution >= 0.6 is 0 Å². The van der Waals surface area contributed by atoms with Gasteiger partial charge in [-0.15, -0.1) is 0 Å². The molecule has 1 heterocycles. The van der Waals surface area contributed by atoms with Gasteiger partial charge in [0.1, 0.15) is 5.76 Å². The Kier molecular flexibility index (Phi) is 1.16. The molecule has 1 atom stereocenters. The summed E-state index contributed by atoms with van der Waals surface area (Å²) in [4.78, 5) is 0. The Labute approximate surface area is 60.4 Å². The van der Waals surface area contributed by atoms with E-state index in [-0.39, 0.29) is 0 Å². The molecule has 0 saturated carbocycles. The first kappa shape index (κ1) is 5.78. The highest BCUT2D eigenvalue weighted by atomic mass is 16.3. The fourth-order valence-electron chi connectivity index (χ4n) is 1.38. The van der Waals surface area contributed by atoms with Gasteiger partial charge in [-0.25, -0.2) is 0 Å². The van der Waals surface area contributed by atoms with Gasteiger partial charge < -0.3 is 4.42 Å². The van der Waals surface area contributed by atoms with Gasteiger partial charge in [-0.05, 0) is 24.5 Å². The van der Waals surface area contributed by atoms with Crippen molar-refractivity contribution < 1.29 is 4.42 Å². The average Bonchev–Trinajstić information content (AvgIpc) is 2.36. The highest BCUT2D eigenvalue weighted by Crippen LogP contribution is 2.29. The summed E-state index contributed by atoms with van der Waals surface area (Å²) in [6.07, 6.45) is 7.12. The van der Waals surface area contributed by atoms with Crippen molar-refractivity contribution >= 4 is 6.08 Å². The van der Waals surface area contributed by atoms with Crippen molar-refractivity contribution in [2.24, 2.45) is 0 Å². The third-order valence-electron chi connectivity index (χ3n) is 2.02. The second-order valence-electron chi connectivity index (χ2n) is 2.78. The van der Waals surface area contributed by atoms with Gasteiger partial charge in [0, 0.05) is 5.56 Å². The molecule has 1 heteroatoms. The van der Waals surface area contributed by atoms with Crippen LogP contribution in [-0.2, 0) is 0 Å². The lowest BCUT2D eigenvalue weighted by molar-refractivity contribution is 0.546. The van der Waals surface area contributed by atoms with E-state index in [9.17, 15) is 0 Å². The molecule has 10 heavy (non-hydrogen) atoms. The first-order chi connectivity index (χ1) is 4.88. The normalized spacial score (nSPS) is 22.7. The molecule has 1 unspecified atom stereocenters. The Bertz CT molecular complexity index is 257. The number of rotatable bonds is 0. The fraction of sp³-hybridized carbons (Fsp3) is 0.333. The molecule has 0 fully saturated rings. The Morgan fingerprint density at radius 3 is 3.30 bits per heavy atom. The summed E-state index contributed by atoms with van der Waals surface area (Å²) in [6, 6.07) is 2.06. The van der Waals surface area contributed by atoms with Crippen molar-refractivity contribution in [3.63, 3.8) is 0 Å². The summed E-state index contributed by atoms with van der Waals surface area (Å²) >= 11 is 0. The van der Waals surface area contributed by atoms with E-state index in [0.717, 1.165) is 12.2 Å². The maximum atomic E-state index is 5.24. The van der Waals surface area contributed by atoms with Gasteiger partial charge in [0.2, 0.25) is 0 Å².